The van der Waals surface area contributed by atoms with E-state index in [4.69, 9.17) is 14.2 Å². The normalized spacial score (nSPS) is 18.0. The summed E-state index contributed by atoms with van der Waals surface area (Å²) in [7, 11) is 1.64. The molecule has 1 aromatic rings. The molecule has 7 heteroatoms. The van der Waals surface area contributed by atoms with Gasteiger partial charge in [0.15, 0.2) is 16.7 Å². The third-order valence-electron chi connectivity index (χ3n) is 2.90. The Morgan fingerprint density at radius 2 is 2.29 bits per heavy atom. The number of aliphatic imine (C=N–C) groups is 1. The predicted octanol–water partition coefficient (Wildman–Crippen LogP) is 1.62. The van der Waals surface area contributed by atoms with Crippen molar-refractivity contribution in [1.29, 1.82) is 0 Å². The molecule has 0 radical (unpaired) electrons. The number of hydrogen-bond acceptors (Lipinski definition) is 6. The van der Waals surface area contributed by atoms with Crippen LogP contribution >= 0.6 is 11.8 Å². The molecule has 6 nitrogen and oxygen atoms in total. The fourth-order valence-corrected chi connectivity index (χ4v) is 2.67. The molecule has 0 unspecified atom stereocenters. The van der Waals surface area contributed by atoms with E-state index >= 15 is 0 Å². The molecule has 21 heavy (non-hydrogen) atoms. The first-order chi connectivity index (χ1) is 10.3. The van der Waals surface area contributed by atoms with Crippen molar-refractivity contribution in [2.75, 3.05) is 26.3 Å². The first-order valence-electron chi connectivity index (χ1n) is 6.39. The Balaban J connectivity index is 1.74. The van der Waals surface area contributed by atoms with Crippen LogP contribution in [0.5, 0.6) is 11.5 Å². The maximum atomic E-state index is 11.9. The minimum absolute atomic E-state index is 0.201. The van der Waals surface area contributed by atoms with Crippen molar-refractivity contribution >= 4 is 28.9 Å². The highest BCUT2D eigenvalue weighted by atomic mass is 32.2. The van der Waals surface area contributed by atoms with Crippen LogP contribution in [0.2, 0.25) is 0 Å². The van der Waals surface area contributed by atoms with E-state index in [2.05, 4.69) is 10.3 Å². The lowest BCUT2D eigenvalue weighted by molar-refractivity contribution is -0.115. The van der Waals surface area contributed by atoms with Gasteiger partial charge in [0, 0.05) is 12.9 Å². The highest BCUT2D eigenvalue weighted by Crippen LogP contribution is 2.33. The molecule has 0 bridgehead atoms. The molecule has 0 atom stereocenters. The number of methoxy groups -OCH3 is 1. The smallest absolute Gasteiger partial charge is 0.275 e. The number of carbonyl (C=O) groups excluding carboxylic acids is 1. The summed E-state index contributed by atoms with van der Waals surface area (Å²) in [6.07, 6.45) is 1.72. The first-order valence-corrected chi connectivity index (χ1v) is 7.38. The summed E-state index contributed by atoms with van der Waals surface area (Å²) in [6, 6.07) is 5.51. The van der Waals surface area contributed by atoms with Gasteiger partial charge < -0.3 is 14.2 Å². The number of carbonyl (C=O) groups is 1. The summed E-state index contributed by atoms with van der Waals surface area (Å²) in [5.74, 6) is 1.94. The van der Waals surface area contributed by atoms with Crippen LogP contribution in [-0.4, -0.2) is 37.3 Å². The zero-order valence-electron chi connectivity index (χ0n) is 11.4. The van der Waals surface area contributed by atoms with Crippen molar-refractivity contribution < 1.29 is 19.0 Å². The van der Waals surface area contributed by atoms with E-state index in [0.717, 1.165) is 11.3 Å². The van der Waals surface area contributed by atoms with Crippen LogP contribution in [0.15, 0.2) is 28.9 Å². The largest absolute Gasteiger partial charge is 0.454 e. The molecule has 0 saturated carbocycles. The number of nitrogens with zero attached hydrogens (tertiary/aromatic N) is 1. The minimum atomic E-state index is -0.201. The van der Waals surface area contributed by atoms with E-state index in [9.17, 15) is 4.79 Å². The number of rotatable bonds is 4. The molecule has 0 aromatic heterocycles. The van der Waals surface area contributed by atoms with Gasteiger partial charge in [-0.2, -0.15) is 0 Å². The molecule has 1 amide bonds. The van der Waals surface area contributed by atoms with E-state index in [-0.39, 0.29) is 12.7 Å². The van der Waals surface area contributed by atoms with Gasteiger partial charge in [0.1, 0.15) is 5.70 Å². The summed E-state index contributed by atoms with van der Waals surface area (Å²) in [5.41, 5.74) is 1.23. The fraction of sp³-hybridized carbons (Fsp3) is 0.286. The lowest BCUT2D eigenvalue weighted by Crippen LogP contribution is -2.22. The second-order valence-corrected chi connectivity index (χ2v) is 5.44. The van der Waals surface area contributed by atoms with E-state index in [1.807, 2.05) is 18.2 Å². The van der Waals surface area contributed by atoms with Crippen LogP contribution in [0.25, 0.3) is 6.08 Å². The van der Waals surface area contributed by atoms with Crippen LogP contribution in [0.1, 0.15) is 5.56 Å². The molecular formula is C14H14N2O4S. The van der Waals surface area contributed by atoms with Gasteiger partial charge in [0.05, 0.1) is 6.61 Å². The maximum absolute atomic E-state index is 11.9. The molecule has 3 rings (SSSR count). The Bertz CT molecular complexity index is 627. The summed E-state index contributed by atoms with van der Waals surface area (Å²) < 4.78 is 15.5. The molecular weight excluding hydrogens is 292 g/mol. The van der Waals surface area contributed by atoms with Crippen molar-refractivity contribution in [1.82, 2.24) is 5.32 Å². The van der Waals surface area contributed by atoms with E-state index in [0.29, 0.717) is 29.0 Å². The van der Waals surface area contributed by atoms with E-state index in [1.54, 1.807) is 13.2 Å². The number of ether oxygens (including phenoxy) is 3. The van der Waals surface area contributed by atoms with Crippen LogP contribution in [0.3, 0.4) is 0 Å². The van der Waals surface area contributed by atoms with Crippen LogP contribution in [0, 0.1) is 0 Å². The van der Waals surface area contributed by atoms with Crippen LogP contribution in [0.4, 0.5) is 0 Å². The van der Waals surface area contributed by atoms with Gasteiger partial charge in [-0.05, 0) is 23.8 Å². The van der Waals surface area contributed by atoms with Gasteiger partial charge >= 0.3 is 0 Å². The molecule has 1 aromatic carbocycles. The monoisotopic (exact) mass is 306 g/mol. The maximum Gasteiger partial charge on any atom is 0.275 e. The number of amides is 1. The fourth-order valence-electron chi connectivity index (χ4n) is 1.90. The molecule has 0 spiro atoms. The Kier molecular flexibility index (Phi) is 4.12. The number of nitrogens with one attached hydrogen (secondary N) is 1. The average Bonchev–Trinajstić information content (AvgIpc) is 3.06. The Morgan fingerprint density at radius 1 is 1.43 bits per heavy atom. The molecule has 0 fully saturated rings. The first kappa shape index (κ1) is 14.0. The molecule has 2 aliphatic heterocycles. The lowest BCUT2D eigenvalue weighted by Gasteiger charge is -1.98. The van der Waals surface area contributed by atoms with Crippen molar-refractivity contribution in [3.05, 3.63) is 29.5 Å². The summed E-state index contributed by atoms with van der Waals surface area (Å²) in [4.78, 5) is 16.1. The molecule has 1 N–H and O–H groups in total. The number of hydrogen-bond donors (Lipinski definition) is 1. The number of amidine groups is 1. The molecule has 0 aliphatic carbocycles. The van der Waals surface area contributed by atoms with Crippen molar-refractivity contribution in [2.24, 2.45) is 4.99 Å². The Labute approximate surface area is 126 Å². The van der Waals surface area contributed by atoms with Crippen molar-refractivity contribution in [3.63, 3.8) is 0 Å². The van der Waals surface area contributed by atoms with Gasteiger partial charge in [0.25, 0.3) is 5.91 Å². The number of fused-ring (bicyclic) bond motifs is 1. The number of thioether (sulfide) groups is 1. The van der Waals surface area contributed by atoms with Crippen molar-refractivity contribution in [3.8, 4) is 11.5 Å². The summed E-state index contributed by atoms with van der Waals surface area (Å²) in [6.45, 7) is 0.842. The topological polar surface area (TPSA) is 69.1 Å². The Hall–Kier alpha value is -1.99. The van der Waals surface area contributed by atoms with Gasteiger partial charge in [-0.1, -0.05) is 17.8 Å². The zero-order valence-corrected chi connectivity index (χ0v) is 12.2. The third kappa shape index (κ3) is 3.20. The third-order valence-corrected chi connectivity index (χ3v) is 3.74. The lowest BCUT2D eigenvalue weighted by atomic mass is 10.1. The average molecular weight is 306 g/mol. The highest BCUT2D eigenvalue weighted by molar-refractivity contribution is 8.13. The SMILES string of the molecule is COCCSC1=N/C(=C/c2ccc3c(c2)OCO3)C(=O)N1. The van der Waals surface area contributed by atoms with E-state index < -0.39 is 0 Å². The second-order valence-electron chi connectivity index (χ2n) is 4.35. The quantitative estimate of drug-likeness (QED) is 0.676. The van der Waals surface area contributed by atoms with Crippen LogP contribution < -0.4 is 14.8 Å². The van der Waals surface area contributed by atoms with Gasteiger partial charge in [0.2, 0.25) is 6.79 Å². The van der Waals surface area contributed by atoms with Crippen LogP contribution in [-0.2, 0) is 9.53 Å². The van der Waals surface area contributed by atoms with E-state index in [1.165, 1.54) is 11.8 Å². The molecule has 2 aliphatic rings. The standard InChI is InChI=1S/C14H14N2O4S/c1-18-4-5-21-14-15-10(13(17)16-14)6-9-2-3-11-12(7-9)20-8-19-11/h2-3,6-7H,4-5,8H2,1H3,(H,15,16,17)/b10-6+. The minimum Gasteiger partial charge on any atom is -0.454 e. The predicted molar refractivity (Wildman–Crippen MR) is 80.5 cm³/mol. The van der Waals surface area contributed by atoms with Gasteiger partial charge in [-0.3, -0.25) is 10.1 Å². The van der Waals surface area contributed by atoms with Gasteiger partial charge in [-0.25, -0.2) is 4.99 Å². The second kappa shape index (κ2) is 6.19. The number of benzene rings is 1. The zero-order chi connectivity index (χ0) is 14.7. The molecule has 110 valence electrons. The molecule has 0 saturated heterocycles. The summed E-state index contributed by atoms with van der Waals surface area (Å²) in [5, 5.41) is 3.33. The van der Waals surface area contributed by atoms with Gasteiger partial charge in [-0.15, -0.1) is 0 Å². The Morgan fingerprint density at radius 3 is 3.14 bits per heavy atom. The molecule has 2 heterocycles. The highest BCUT2D eigenvalue weighted by Gasteiger charge is 2.20. The summed E-state index contributed by atoms with van der Waals surface area (Å²) >= 11 is 1.45. The van der Waals surface area contributed by atoms with Crippen molar-refractivity contribution in [2.45, 2.75) is 0 Å².